The minimum absolute atomic E-state index is 0.0726. The lowest BCUT2D eigenvalue weighted by atomic mass is 10.0. The highest BCUT2D eigenvalue weighted by Crippen LogP contribution is 2.38. The monoisotopic (exact) mass is 513 g/mol. The molecule has 192 valence electrons. The molecule has 0 N–H and O–H groups in total. The third kappa shape index (κ3) is 3.85. The van der Waals surface area contributed by atoms with E-state index in [1.54, 1.807) is 36.0 Å². The number of halogens is 2. The number of aromatic nitrogens is 6. The predicted molar refractivity (Wildman–Crippen MR) is 139 cm³/mol. The van der Waals surface area contributed by atoms with Crippen molar-refractivity contribution in [3.05, 3.63) is 59.9 Å². The summed E-state index contributed by atoms with van der Waals surface area (Å²) in [5.74, 6) is -0.466. The summed E-state index contributed by atoms with van der Waals surface area (Å²) in [6, 6.07) is 9.53. The molecule has 11 heteroatoms. The average Bonchev–Trinajstić information content (AvgIpc) is 3.48. The minimum atomic E-state index is -0.666. The van der Waals surface area contributed by atoms with E-state index in [-0.39, 0.29) is 11.1 Å². The molecule has 38 heavy (non-hydrogen) atoms. The van der Waals surface area contributed by atoms with Crippen molar-refractivity contribution in [2.24, 2.45) is 7.05 Å². The van der Waals surface area contributed by atoms with Gasteiger partial charge in [-0.2, -0.15) is 5.26 Å². The van der Waals surface area contributed by atoms with E-state index < -0.39 is 11.6 Å². The van der Waals surface area contributed by atoms with Gasteiger partial charge in [0.15, 0.2) is 11.5 Å². The zero-order chi connectivity index (χ0) is 26.6. The molecule has 9 nitrogen and oxygen atoms in total. The maximum Gasteiger partial charge on any atom is 0.181 e. The summed E-state index contributed by atoms with van der Waals surface area (Å²) in [4.78, 5) is 14.0. The second kappa shape index (κ2) is 9.15. The number of likely N-dealkylation sites (N-methyl/N-ethyl adjacent to an activating group) is 1. The second-order valence-corrected chi connectivity index (χ2v) is 9.80. The number of hydrogen-bond acceptors (Lipinski definition) is 7. The van der Waals surface area contributed by atoms with Crippen molar-refractivity contribution >= 4 is 22.5 Å². The lowest BCUT2D eigenvalue weighted by Crippen LogP contribution is -2.45. The second-order valence-electron chi connectivity index (χ2n) is 9.80. The summed E-state index contributed by atoms with van der Waals surface area (Å²) in [6.45, 7) is 1.60. The molecule has 0 radical (unpaired) electrons. The largest absolute Gasteiger partial charge is 0.352 e. The Morgan fingerprint density at radius 2 is 1.97 bits per heavy atom. The van der Waals surface area contributed by atoms with Gasteiger partial charge in [-0.1, -0.05) is 11.3 Å². The fourth-order valence-electron chi connectivity index (χ4n) is 5.20. The van der Waals surface area contributed by atoms with Crippen molar-refractivity contribution in [3.8, 4) is 28.6 Å². The number of benzene rings is 2. The lowest BCUT2D eigenvalue weighted by Gasteiger charge is -2.36. The van der Waals surface area contributed by atoms with Gasteiger partial charge in [-0.3, -0.25) is 4.40 Å². The van der Waals surface area contributed by atoms with E-state index in [2.05, 4.69) is 39.2 Å². The maximum absolute atomic E-state index is 15.7. The highest BCUT2D eigenvalue weighted by Gasteiger charge is 2.27. The molecule has 0 unspecified atom stereocenters. The average molecular weight is 514 g/mol. The summed E-state index contributed by atoms with van der Waals surface area (Å²) < 4.78 is 33.7. The van der Waals surface area contributed by atoms with Gasteiger partial charge in [0.05, 0.1) is 22.5 Å². The predicted octanol–water partition coefficient (Wildman–Crippen LogP) is 4.03. The van der Waals surface area contributed by atoms with Crippen LogP contribution in [0.4, 0.5) is 14.6 Å². The number of rotatable bonds is 4. The Balaban J connectivity index is 1.61. The van der Waals surface area contributed by atoms with Crippen molar-refractivity contribution in [2.45, 2.75) is 18.9 Å². The molecule has 0 saturated carbocycles. The van der Waals surface area contributed by atoms with E-state index in [0.29, 0.717) is 45.5 Å². The number of piperidine rings is 1. The first kappa shape index (κ1) is 23.9. The SMILES string of the molecule is CN(C)[C@@H]1CCCN(c2nccn3c(-c4cc5nnn(C)c5cc4F)c(-c4ccc(C#N)c(F)c4)nc23)C1. The van der Waals surface area contributed by atoms with E-state index in [0.717, 1.165) is 25.9 Å². The summed E-state index contributed by atoms with van der Waals surface area (Å²) in [7, 11) is 5.84. The Morgan fingerprint density at radius 1 is 1.13 bits per heavy atom. The molecule has 0 aliphatic carbocycles. The molecule has 1 aliphatic rings. The topological polar surface area (TPSA) is 91.2 Å². The van der Waals surface area contributed by atoms with E-state index in [4.69, 9.17) is 4.98 Å². The van der Waals surface area contributed by atoms with Crippen LogP contribution < -0.4 is 4.90 Å². The summed E-state index contributed by atoms with van der Waals surface area (Å²) >= 11 is 0. The Hall–Kier alpha value is -4.43. The molecule has 4 heterocycles. The molecular formula is C27H25F2N9. The fourth-order valence-corrected chi connectivity index (χ4v) is 5.20. The van der Waals surface area contributed by atoms with E-state index in [9.17, 15) is 9.65 Å². The van der Waals surface area contributed by atoms with Crippen molar-refractivity contribution in [3.63, 3.8) is 0 Å². The summed E-state index contributed by atoms with van der Waals surface area (Å²) in [6.07, 6.45) is 5.50. The molecule has 0 bridgehead atoms. The van der Waals surface area contributed by atoms with E-state index in [1.807, 2.05) is 6.07 Å². The van der Waals surface area contributed by atoms with Crippen LogP contribution in [0.5, 0.6) is 0 Å². The van der Waals surface area contributed by atoms with E-state index >= 15 is 4.39 Å². The molecule has 1 atom stereocenters. The van der Waals surface area contributed by atoms with E-state index in [1.165, 1.54) is 22.9 Å². The minimum Gasteiger partial charge on any atom is -0.352 e. The number of fused-ring (bicyclic) bond motifs is 2. The molecule has 1 aliphatic heterocycles. The van der Waals surface area contributed by atoms with Crippen LogP contribution in [0.2, 0.25) is 0 Å². The first-order valence-electron chi connectivity index (χ1n) is 12.3. The van der Waals surface area contributed by atoms with Gasteiger partial charge in [0.2, 0.25) is 0 Å². The number of anilines is 1. The van der Waals surface area contributed by atoms with Crippen LogP contribution in [0.25, 0.3) is 39.2 Å². The standard InChI is InChI=1S/C27H25F2N9/c1-35(2)18-5-4-9-37(15-18)26-27-32-24(16-6-7-17(14-30)20(28)11-16)25(38(27)10-8-31-26)19-12-22-23(13-21(19)29)36(3)34-33-22/h6-8,10-13,18H,4-5,9,15H2,1-3H3/t18-/m1/s1. The molecule has 1 fully saturated rings. The van der Waals surface area contributed by atoms with Crippen LogP contribution >= 0.6 is 0 Å². The van der Waals surface area contributed by atoms with Crippen molar-refractivity contribution < 1.29 is 8.78 Å². The van der Waals surface area contributed by atoms with Gasteiger partial charge in [0, 0.05) is 55.8 Å². The first-order chi connectivity index (χ1) is 18.4. The van der Waals surface area contributed by atoms with Crippen molar-refractivity contribution in [2.75, 3.05) is 32.1 Å². The third-order valence-electron chi connectivity index (χ3n) is 7.27. The van der Waals surface area contributed by atoms with Crippen LogP contribution in [0.1, 0.15) is 18.4 Å². The van der Waals surface area contributed by atoms with Crippen LogP contribution in [0.3, 0.4) is 0 Å². The molecule has 0 spiro atoms. The Kier molecular flexibility index (Phi) is 5.76. The van der Waals surface area contributed by atoms with Gasteiger partial charge in [-0.15, -0.1) is 5.10 Å². The highest BCUT2D eigenvalue weighted by molar-refractivity contribution is 5.89. The fraction of sp³-hybridized carbons (Fsp3) is 0.296. The zero-order valence-corrected chi connectivity index (χ0v) is 21.2. The molecular weight excluding hydrogens is 488 g/mol. The molecule has 2 aromatic carbocycles. The number of nitriles is 1. The molecule has 0 amide bonds. The number of nitrogens with zero attached hydrogens (tertiary/aromatic N) is 9. The van der Waals surface area contributed by atoms with Crippen molar-refractivity contribution in [1.29, 1.82) is 5.26 Å². The summed E-state index contributed by atoms with van der Waals surface area (Å²) in [5.41, 5.74) is 3.05. The first-order valence-corrected chi connectivity index (χ1v) is 12.3. The zero-order valence-electron chi connectivity index (χ0n) is 21.2. The Labute approximate surface area is 217 Å². The summed E-state index contributed by atoms with van der Waals surface area (Å²) in [5, 5.41) is 17.4. The number of imidazole rings is 1. The quantitative estimate of drug-likeness (QED) is 0.358. The van der Waals surface area contributed by atoms with Gasteiger partial charge in [0.1, 0.15) is 23.2 Å². The van der Waals surface area contributed by atoms with Crippen LogP contribution in [0, 0.1) is 23.0 Å². The van der Waals surface area contributed by atoms with Gasteiger partial charge < -0.3 is 9.80 Å². The molecule has 3 aromatic heterocycles. The van der Waals surface area contributed by atoms with Gasteiger partial charge in [0.25, 0.3) is 0 Å². The molecule has 5 aromatic rings. The smallest absolute Gasteiger partial charge is 0.181 e. The Morgan fingerprint density at radius 3 is 2.74 bits per heavy atom. The van der Waals surface area contributed by atoms with Crippen molar-refractivity contribution in [1.82, 2.24) is 34.3 Å². The van der Waals surface area contributed by atoms with Gasteiger partial charge in [-0.25, -0.2) is 23.4 Å². The van der Waals surface area contributed by atoms with Crippen LogP contribution in [-0.2, 0) is 7.05 Å². The third-order valence-corrected chi connectivity index (χ3v) is 7.27. The lowest BCUT2D eigenvalue weighted by molar-refractivity contribution is 0.257. The molecule has 6 rings (SSSR count). The van der Waals surface area contributed by atoms with Crippen LogP contribution in [0.15, 0.2) is 42.7 Å². The molecule has 1 saturated heterocycles. The Bertz CT molecular complexity index is 1730. The van der Waals surface area contributed by atoms with Crippen LogP contribution in [-0.4, -0.2) is 67.5 Å². The number of hydrogen-bond donors (Lipinski definition) is 0. The number of aryl methyl sites for hydroxylation is 1. The van der Waals surface area contributed by atoms with Gasteiger partial charge in [-0.05, 0) is 45.1 Å². The maximum atomic E-state index is 15.7. The highest BCUT2D eigenvalue weighted by atomic mass is 19.1. The van der Waals surface area contributed by atoms with Gasteiger partial charge >= 0.3 is 0 Å². The normalized spacial score (nSPS) is 16.0.